The number of thiophene rings is 1. The lowest BCUT2D eigenvalue weighted by molar-refractivity contribution is -0.694. The highest BCUT2D eigenvalue weighted by Gasteiger charge is 2.18. The van der Waals surface area contributed by atoms with Gasteiger partial charge in [0.2, 0.25) is 0 Å². The van der Waals surface area contributed by atoms with Crippen LogP contribution in [0.25, 0.3) is 0 Å². The van der Waals surface area contributed by atoms with Gasteiger partial charge in [0.1, 0.15) is 6.04 Å². The van der Waals surface area contributed by atoms with Gasteiger partial charge in [-0.15, -0.1) is 11.3 Å². The number of hydrogen-bond acceptors (Lipinski definition) is 1. The second-order valence-electron chi connectivity index (χ2n) is 3.93. The Morgan fingerprint density at radius 3 is 3.00 bits per heavy atom. The third kappa shape index (κ3) is 2.32. The first-order valence-corrected chi connectivity index (χ1v) is 6.07. The highest BCUT2D eigenvalue weighted by atomic mass is 32.1. The van der Waals surface area contributed by atoms with Crippen molar-refractivity contribution in [2.24, 2.45) is 0 Å². The van der Waals surface area contributed by atoms with Crippen molar-refractivity contribution in [1.82, 2.24) is 0 Å². The fourth-order valence-corrected chi connectivity index (χ4v) is 3.04. The lowest BCUT2D eigenvalue weighted by atomic mass is 10.1. The van der Waals surface area contributed by atoms with Gasteiger partial charge in [-0.25, -0.2) is 0 Å². The molecular weight excluding hydrogens is 178 g/mol. The lowest BCUT2D eigenvalue weighted by Gasteiger charge is -2.09. The molecule has 0 bridgehead atoms. The van der Waals surface area contributed by atoms with E-state index in [-0.39, 0.29) is 0 Å². The van der Waals surface area contributed by atoms with Crippen LogP contribution in [0, 0.1) is 6.92 Å². The molecule has 1 atom stereocenters. The summed E-state index contributed by atoms with van der Waals surface area (Å²) in [7, 11) is 0. The minimum atomic E-state index is 0.765. The van der Waals surface area contributed by atoms with Gasteiger partial charge in [0, 0.05) is 11.3 Å². The second-order valence-corrected chi connectivity index (χ2v) is 5.25. The van der Waals surface area contributed by atoms with Crippen LogP contribution in [0.15, 0.2) is 12.1 Å². The quantitative estimate of drug-likeness (QED) is 0.709. The maximum absolute atomic E-state index is 2.53. The van der Waals surface area contributed by atoms with E-state index in [9.17, 15) is 0 Å². The first-order chi connectivity index (χ1) is 6.36. The Labute approximate surface area is 84.2 Å². The van der Waals surface area contributed by atoms with E-state index in [2.05, 4.69) is 24.4 Å². The Hall–Kier alpha value is -0.340. The van der Waals surface area contributed by atoms with Crippen LogP contribution in [-0.4, -0.2) is 6.54 Å². The van der Waals surface area contributed by atoms with Crippen LogP contribution in [0.1, 0.15) is 41.5 Å². The Morgan fingerprint density at radius 1 is 1.31 bits per heavy atom. The van der Waals surface area contributed by atoms with Gasteiger partial charge in [-0.3, -0.25) is 0 Å². The standard InChI is InChI=1S/C11H17NS/c1-9-6-7-11(13-9)10-5-3-2-4-8-12-10/h6-7,10,12H,2-5,8H2,1H3/p+1/t10-/m0/s1. The number of quaternary nitrogens is 1. The molecule has 1 aromatic rings. The van der Waals surface area contributed by atoms with Gasteiger partial charge in [0.05, 0.1) is 11.4 Å². The van der Waals surface area contributed by atoms with Crippen molar-refractivity contribution < 1.29 is 5.32 Å². The molecule has 0 saturated carbocycles. The molecule has 1 aromatic heterocycles. The predicted molar refractivity (Wildman–Crippen MR) is 57.1 cm³/mol. The molecule has 2 heterocycles. The van der Waals surface area contributed by atoms with Gasteiger partial charge in [-0.2, -0.15) is 0 Å². The van der Waals surface area contributed by atoms with Crippen LogP contribution >= 0.6 is 11.3 Å². The van der Waals surface area contributed by atoms with Crippen LogP contribution in [0.5, 0.6) is 0 Å². The minimum Gasteiger partial charge on any atom is -0.339 e. The van der Waals surface area contributed by atoms with Crippen LogP contribution in [0.4, 0.5) is 0 Å². The van der Waals surface area contributed by atoms with E-state index in [1.54, 1.807) is 4.88 Å². The van der Waals surface area contributed by atoms with E-state index in [1.807, 2.05) is 11.3 Å². The van der Waals surface area contributed by atoms with E-state index in [0.29, 0.717) is 0 Å². The average molecular weight is 196 g/mol. The van der Waals surface area contributed by atoms with Gasteiger partial charge in [0.25, 0.3) is 0 Å². The monoisotopic (exact) mass is 196 g/mol. The molecule has 0 aromatic carbocycles. The zero-order chi connectivity index (χ0) is 9.10. The summed E-state index contributed by atoms with van der Waals surface area (Å²) in [5.41, 5.74) is 0. The molecule has 1 saturated heterocycles. The first kappa shape index (κ1) is 9.22. The molecule has 1 aliphatic heterocycles. The van der Waals surface area contributed by atoms with Crippen molar-refractivity contribution in [3.8, 4) is 0 Å². The maximum atomic E-state index is 2.53. The van der Waals surface area contributed by atoms with Crippen molar-refractivity contribution in [2.45, 2.75) is 38.6 Å². The summed E-state index contributed by atoms with van der Waals surface area (Å²) in [4.78, 5) is 3.03. The fourth-order valence-electron chi connectivity index (χ4n) is 2.03. The Balaban J connectivity index is 2.06. The molecule has 1 aliphatic rings. The molecule has 0 aliphatic carbocycles. The predicted octanol–water partition coefficient (Wildman–Crippen LogP) is 2.24. The summed E-state index contributed by atoms with van der Waals surface area (Å²) in [6, 6.07) is 5.33. The average Bonchev–Trinajstić information content (AvgIpc) is 2.43. The maximum Gasteiger partial charge on any atom is 0.121 e. The summed E-state index contributed by atoms with van der Waals surface area (Å²) in [5, 5.41) is 2.53. The van der Waals surface area contributed by atoms with Gasteiger partial charge in [-0.05, 0) is 38.3 Å². The lowest BCUT2D eigenvalue weighted by Crippen LogP contribution is -2.84. The van der Waals surface area contributed by atoms with Crippen molar-refractivity contribution in [3.63, 3.8) is 0 Å². The molecule has 13 heavy (non-hydrogen) atoms. The molecule has 1 nitrogen and oxygen atoms in total. The third-order valence-electron chi connectivity index (χ3n) is 2.80. The minimum absolute atomic E-state index is 0.765. The van der Waals surface area contributed by atoms with Crippen LogP contribution in [-0.2, 0) is 0 Å². The Bertz CT molecular complexity index is 259. The second kappa shape index (κ2) is 4.25. The molecule has 2 N–H and O–H groups in total. The normalized spacial score (nSPS) is 24.2. The molecule has 0 unspecified atom stereocenters. The Kier molecular flexibility index (Phi) is 3.01. The molecular formula is C11H18NS+. The summed E-state index contributed by atoms with van der Waals surface area (Å²) in [5.74, 6) is 0. The largest absolute Gasteiger partial charge is 0.339 e. The molecule has 2 heteroatoms. The van der Waals surface area contributed by atoms with E-state index in [0.717, 1.165) is 6.04 Å². The highest BCUT2D eigenvalue weighted by Crippen LogP contribution is 2.24. The van der Waals surface area contributed by atoms with E-state index in [1.165, 1.54) is 37.1 Å². The smallest absolute Gasteiger partial charge is 0.121 e. The first-order valence-electron chi connectivity index (χ1n) is 5.26. The number of nitrogens with two attached hydrogens (primary N) is 1. The zero-order valence-corrected chi connectivity index (χ0v) is 9.07. The van der Waals surface area contributed by atoms with Crippen molar-refractivity contribution in [2.75, 3.05) is 6.54 Å². The van der Waals surface area contributed by atoms with Gasteiger partial charge >= 0.3 is 0 Å². The molecule has 1 fully saturated rings. The molecule has 2 rings (SSSR count). The van der Waals surface area contributed by atoms with Crippen LogP contribution in [0.2, 0.25) is 0 Å². The zero-order valence-electron chi connectivity index (χ0n) is 8.25. The molecule has 72 valence electrons. The van der Waals surface area contributed by atoms with Gasteiger partial charge in [-0.1, -0.05) is 0 Å². The van der Waals surface area contributed by atoms with Crippen molar-refractivity contribution in [3.05, 3.63) is 21.9 Å². The van der Waals surface area contributed by atoms with E-state index in [4.69, 9.17) is 0 Å². The third-order valence-corrected chi connectivity index (χ3v) is 3.93. The van der Waals surface area contributed by atoms with Crippen molar-refractivity contribution in [1.29, 1.82) is 0 Å². The van der Waals surface area contributed by atoms with Crippen LogP contribution in [0.3, 0.4) is 0 Å². The fraction of sp³-hybridized carbons (Fsp3) is 0.636. The number of aryl methyl sites for hydroxylation is 1. The van der Waals surface area contributed by atoms with Gasteiger partial charge < -0.3 is 5.32 Å². The SMILES string of the molecule is Cc1ccc([C@@H]2CCCCC[NH2+]2)s1. The summed E-state index contributed by atoms with van der Waals surface area (Å²) in [6.45, 7) is 3.52. The number of rotatable bonds is 1. The Morgan fingerprint density at radius 2 is 2.23 bits per heavy atom. The molecule has 0 spiro atoms. The molecule has 0 amide bonds. The summed E-state index contributed by atoms with van der Waals surface area (Å²) < 4.78 is 0. The van der Waals surface area contributed by atoms with Gasteiger partial charge in [0.15, 0.2) is 0 Å². The summed E-state index contributed by atoms with van der Waals surface area (Å²) in [6.07, 6.45) is 5.62. The van der Waals surface area contributed by atoms with Crippen molar-refractivity contribution >= 4 is 11.3 Å². The van der Waals surface area contributed by atoms with E-state index < -0.39 is 0 Å². The van der Waals surface area contributed by atoms with E-state index >= 15 is 0 Å². The highest BCUT2D eigenvalue weighted by molar-refractivity contribution is 7.11. The van der Waals surface area contributed by atoms with Crippen LogP contribution < -0.4 is 5.32 Å². The molecule has 0 radical (unpaired) electrons. The number of hydrogen-bond donors (Lipinski definition) is 1. The topological polar surface area (TPSA) is 16.6 Å². The summed E-state index contributed by atoms with van der Waals surface area (Å²) >= 11 is 1.97.